The Bertz CT molecular complexity index is 563. The second-order valence-electron chi connectivity index (χ2n) is 4.68. The van der Waals surface area contributed by atoms with Gasteiger partial charge in [0.25, 0.3) is 0 Å². The molecule has 1 aromatic carbocycles. The molecule has 0 bridgehead atoms. The van der Waals surface area contributed by atoms with Crippen molar-refractivity contribution in [2.75, 3.05) is 20.4 Å². The summed E-state index contributed by atoms with van der Waals surface area (Å²) < 4.78 is 32.7. The molecule has 108 valence electrons. The number of hydrogen-bond donors (Lipinski definition) is 1. The first-order chi connectivity index (χ1) is 9.63. The zero-order chi connectivity index (χ0) is 14.8. The van der Waals surface area contributed by atoms with E-state index in [1.54, 1.807) is 19.2 Å². The average molecular weight is 280 g/mol. The van der Waals surface area contributed by atoms with Crippen LogP contribution in [-0.4, -0.2) is 31.8 Å². The molecule has 2 rings (SSSR count). The minimum atomic E-state index is -1.59. The summed E-state index contributed by atoms with van der Waals surface area (Å²) >= 11 is 0. The Morgan fingerprint density at radius 3 is 2.50 bits per heavy atom. The normalized spacial score (nSPS) is 17.7. The van der Waals surface area contributed by atoms with Gasteiger partial charge in [-0.3, -0.25) is 4.99 Å². The molecule has 0 spiro atoms. The van der Waals surface area contributed by atoms with Gasteiger partial charge < -0.3 is 10.5 Å². The molecule has 0 radical (unpaired) electrons. The van der Waals surface area contributed by atoms with Crippen LogP contribution in [0.2, 0.25) is 0 Å². The lowest BCUT2D eigenvalue weighted by molar-refractivity contribution is 0.0461. The van der Waals surface area contributed by atoms with E-state index in [1.165, 1.54) is 0 Å². The van der Waals surface area contributed by atoms with E-state index in [0.717, 1.165) is 5.56 Å². The van der Waals surface area contributed by atoms with Gasteiger partial charge in [0.05, 0.1) is 0 Å². The maximum atomic E-state index is 13.5. The number of nitrogens with zero attached hydrogens (tertiary/aromatic N) is 1. The van der Waals surface area contributed by atoms with Crippen molar-refractivity contribution < 1.29 is 13.5 Å². The first-order valence-corrected chi connectivity index (χ1v) is 6.50. The number of halogens is 2. The van der Waals surface area contributed by atoms with Gasteiger partial charge in [0, 0.05) is 18.2 Å². The van der Waals surface area contributed by atoms with Crippen LogP contribution in [0.15, 0.2) is 34.8 Å². The second kappa shape index (κ2) is 5.61. The SMILES string of the molecule is CCC1=C(C(N)=NC)c2ccccc2OC1(CF)CF. The predicted molar refractivity (Wildman–Crippen MR) is 76.5 cm³/mol. The standard InChI is InChI=1S/C15H18F2N2O/c1-3-11-13(14(18)19-2)10-6-4-5-7-12(10)20-15(11,8-16)9-17/h4-7H,3,8-9H2,1-2H3,(H2,18,19). The third kappa shape index (κ3) is 2.07. The molecule has 0 saturated carbocycles. The van der Waals surface area contributed by atoms with Gasteiger partial charge in [0.1, 0.15) is 24.9 Å². The van der Waals surface area contributed by atoms with Gasteiger partial charge in [-0.2, -0.15) is 0 Å². The van der Waals surface area contributed by atoms with Crippen molar-refractivity contribution in [3.8, 4) is 5.75 Å². The van der Waals surface area contributed by atoms with Gasteiger partial charge >= 0.3 is 0 Å². The minimum absolute atomic E-state index is 0.267. The number of hydrogen-bond acceptors (Lipinski definition) is 2. The third-order valence-corrected chi connectivity index (χ3v) is 3.60. The van der Waals surface area contributed by atoms with Crippen molar-refractivity contribution in [1.82, 2.24) is 0 Å². The summed E-state index contributed by atoms with van der Waals surface area (Å²) in [4.78, 5) is 3.98. The van der Waals surface area contributed by atoms with E-state index in [9.17, 15) is 8.78 Å². The van der Waals surface area contributed by atoms with Crippen LogP contribution in [-0.2, 0) is 0 Å². The highest BCUT2D eigenvalue weighted by molar-refractivity contribution is 6.24. The van der Waals surface area contributed by atoms with Gasteiger partial charge in [0.2, 0.25) is 0 Å². The fraction of sp³-hybridized carbons (Fsp3) is 0.400. The lowest BCUT2D eigenvalue weighted by atomic mass is 9.83. The smallest absolute Gasteiger partial charge is 0.187 e. The highest BCUT2D eigenvalue weighted by Gasteiger charge is 2.43. The molecule has 0 saturated heterocycles. The van der Waals surface area contributed by atoms with Crippen LogP contribution in [0.4, 0.5) is 8.78 Å². The van der Waals surface area contributed by atoms with Crippen LogP contribution in [0.5, 0.6) is 5.75 Å². The number of rotatable bonds is 4. The third-order valence-electron chi connectivity index (χ3n) is 3.60. The Morgan fingerprint density at radius 1 is 1.30 bits per heavy atom. The van der Waals surface area contributed by atoms with Gasteiger partial charge in [-0.1, -0.05) is 25.1 Å². The van der Waals surface area contributed by atoms with E-state index in [-0.39, 0.29) is 5.84 Å². The molecule has 2 N–H and O–H groups in total. The molecule has 1 aliphatic heterocycles. The first-order valence-electron chi connectivity index (χ1n) is 6.50. The van der Waals surface area contributed by atoms with E-state index in [4.69, 9.17) is 10.5 Å². The van der Waals surface area contributed by atoms with Crippen molar-refractivity contribution in [2.45, 2.75) is 18.9 Å². The zero-order valence-electron chi connectivity index (χ0n) is 11.6. The molecule has 3 nitrogen and oxygen atoms in total. The molecule has 1 heterocycles. The lowest BCUT2D eigenvalue weighted by Crippen LogP contribution is -2.46. The summed E-state index contributed by atoms with van der Waals surface area (Å²) in [6.45, 7) is -0.0569. The molecule has 0 amide bonds. The summed E-state index contributed by atoms with van der Waals surface area (Å²) in [6, 6.07) is 7.09. The van der Waals surface area contributed by atoms with Gasteiger partial charge in [0.15, 0.2) is 5.60 Å². The Kier molecular flexibility index (Phi) is 4.06. The van der Waals surface area contributed by atoms with E-state index in [1.807, 2.05) is 19.1 Å². The predicted octanol–water partition coefficient (Wildman–Crippen LogP) is 2.91. The van der Waals surface area contributed by atoms with Crippen LogP contribution < -0.4 is 10.5 Å². The number of benzene rings is 1. The highest BCUT2D eigenvalue weighted by atomic mass is 19.1. The van der Waals surface area contributed by atoms with Gasteiger partial charge in [-0.05, 0) is 18.1 Å². The number of ether oxygens (including phenoxy) is 1. The Hall–Kier alpha value is -1.91. The van der Waals surface area contributed by atoms with Crippen molar-refractivity contribution in [3.63, 3.8) is 0 Å². The van der Waals surface area contributed by atoms with E-state index in [2.05, 4.69) is 4.99 Å². The molecular weight excluding hydrogens is 262 g/mol. The van der Waals surface area contributed by atoms with Crippen LogP contribution in [0.3, 0.4) is 0 Å². The number of para-hydroxylation sites is 1. The van der Waals surface area contributed by atoms with Gasteiger partial charge in [-0.15, -0.1) is 0 Å². The van der Waals surface area contributed by atoms with E-state index in [0.29, 0.717) is 23.3 Å². The van der Waals surface area contributed by atoms with E-state index >= 15 is 0 Å². The van der Waals surface area contributed by atoms with Crippen LogP contribution in [0.25, 0.3) is 5.57 Å². The summed E-state index contributed by atoms with van der Waals surface area (Å²) in [5.74, 6) is 0.700. The van der Waals surface area contributed by atoms with Crippen LogP contribution in [0.1, 0.15) is 18.9 Å². The molecule has 5 heteroatoms. The number of aliphatic imine (C=N–C) groups is 1. The Labute approximate surface area is 117 Å². The maximum absolute atomic E-state index is 13.5. The summed E-state index contributed by atoms with van der Waals surface area (Å²) in [5, 5.41) is 0. The Balaban J connectivity index is 2.78. The number of fused-ring (bicyclic) bond motifs is 1. The first kappa shape index (κ1) is 14.5. The van der Waals surface area contributed by atoms with Crippen LogP contribution in [0, 0.1) is 0 Å². The van der Waals surface area contributed by atoms with Crippen LogP contribution >= 0.6 is 0 Å². The largest absolute Gasteiger partial charge is 0.477 e. The number of amidine groups is 1. The van der Waals surface area contributed by atoms with Crippen molar-refractivity contribution in [1.29, 1.82) is 0 Å². The molecule has 20 heavy (non-hydrogen) atoms. The number of alkyl halides is 2. The fourth-order valence-electron chi connectivity index (χ4n) is 2.58. The van der Waals surface area contributed by atoms with Gasteiger partial charge in [-0.25, -0.2) is 8.78 Å². The zero-order valence-corrected chi connectivity index (χ0v) is 11.6. The monoisotopic (exact) mass is 280 g/mol. The van der Waals surface area contributed by atoms with Crippen molar-refractivity contribution in [2.24, 2.45) is 10.7 Å². The molecular formula is C15H18F2N2O. The summed E-state index contributed by atoms with van der Waals surface area (Å²) in [6.07, 6.45) is 0.438. The topological polar surface area (TPSA) is 47.6 Å². The summed E-state index contributed by atoms with van der Waals surface area (Å²) in [5.41, 5.74) is 6.20. The molecule has 0 unspecified atom stereocenters. The quantitative estimate of drug-likeness (QED) is 0.681. The maximum Gasteiger partial charge on any atom is 0.187 e. The molecule has 0 fully saturated rings. The fourth-order valence-corrected chi connectivity index (χ4v) is 2.58. The molecule has 0 atom stereocenters. The average Bonchev–Trinajstić information content (AvgIpc) is 2.51. The molecule has 1 aliphatic rings. The second-order valence-corrected chi connectivity index (χ2v) is 4.68. The Morgan fingerprint density at radius 2 is 1.95 bits per heavy atom. The molecule has 0 aliphatic carbocycles. The molecule has 0 aromatic heterocycles. The highest BCUT2D eigenvalue weighted by Crippen LogP contribution is 2.42. The van der Waals surface area contributed by atoms with Crippen molar-refractivity contribution >= 4 is 11.4 Å². The number of nitrogens with two attached hydrogens (primary N) is 1. The van der Waals surface area contributed by atoms with E-state index < -0.39 is 19.0 Å². The minimum Gasteiger partial charge on any atom is -0.477 e. The van der Waals surface area contributed by atoms with Crippen molar-refractivity contribution in [3.05, 3.63) is 35.4 Å². The molecule has 1 aromatic rings. The lowest BCUT2D eigenvalue weighted by Gasteiger charge is -2.38. The summed E-state index contributed by atoms with van der Waals surface area (Å²) in [7, 11) is 1.56.